The van der Waals surface area contributed by atoms with Crippen molar-refractivity contribution in [2.45, 2.75) is 56.9 Å². The topological polar surface area (TPSA) is 55.1 Å². The van der Waals surface area contributed by atoms with E-state index in [4.69, 9.17) is 5.73 Å². The lowest BCUT2D eigenvalue weighted by molar-refractivity contribution is -0.127. The number of hydrogen-bond donors (Lipinski definition) is 2. The molecule has 0 bridgehead atoms. The van der Waals surface area contributed by atoms with Crippen LogP contribution in [-0.2, 0) is 10.2 Å². The van der Waals surface area contributed by atoms with Gasteiger partial charge in [0.1, 0.15) is 0 Å². The summed E-state index contributed by atoms with van der Waals surface area (Å²) in [5.41, 5.74) is 7.94. The van der Waals surface area contributed by atoms with E-state index in [0.29, 0.717) is 12.5 Å². The summed E-state index contributed by atoms with van der Waals surface area (Å²) in [5, 5.41) is 3.27. The molecule has 0 heterocycles. The number of rotatable bonds is 5. The molecule has 1 atom stereocenters. The van der Waals surface area contributed by atoms with Gasteiger partial charge in [0.05, 0.1) is 5.41 Å². The van der Waals surface area contributed by atoms with Crippen LogP contribution < -0.4 is 11.1 Å². The third-order valence-corrected chi connectivity index (χ3v) is 5.22. The molecular formula is C18H26N2O. The number of carbonyl (C=O) groups is 1. The lowest BCUT2D eigenvalue weighted by atomic mass is 9.77. The Morgan fingerprint density at radius 2 is 2.10 bits per heavy atom. The molecule has 2 saturated carbocycles. The quantitative estimate of drug-likeness (QED) is 0.874. The first-order valence-electron chi connectivity index (χ1n) is 8.24. The smallest absolute Gasteiger partial charge is 0.230 e. The minimum absolute atomic E-state index is 0.166. The van der Waals surface area contributed by atoms with Crippen molar-refractivity contribution in [2.75, 3.05) is 6.54 Å². The molecule has 1 amide bonds. The lowest BCUT2D eigenvalue weighted by Gasteiger charge is -2.31. The first kappa shape index (κ1) is 14.6. The third kappa shape index (κ3) is 2.84. The van der Waals surface area contributed by atoms with Gasteiger partial charge in [-0.25, -0.2) is 0 Å². The van der Waals surface area contributed by atoms with E-state index < -0.39 is 0 Å². The summed E-state index contributed by atoms with van der Waals surface area (Å²) in [6, 6.07) is 8.63. The summed E-state index contributed by atoms with van der Waals surface area (Å²) in [6.45, 7) is 2.65. The lowest BCUT2D eigenvalue weighted by Crippen LogP contribution is -2.50. The van der Waals surface area contributed by atoms with Crippen molar-refractivity contribution in [3.8, 4) is 0 Å². The van der Waals surface area contributed by atoms with Crippen molar-refractivity contribution < 1.29 is 4.79 Å². The molecule has 1 unspecified atom stereocenters. The van der Waals surface area contributed by atoms with Crippen LogP contribution in [-0.4, -0.2) is 18.5 Å². The number of carbonyl (C=O) groups excluding carboxylic acids is 1. The van der Waals surface area contributed by atoms with E-state index in [1.54, 1.807) is 0 Å². The van der Waals surface area contributed by atoms with Crippen LogP contribution in [0.15, 0.2) is 24.3 Å². The van der Waals surface area contributed by atoms with Gasteiger partial charge >= 0.3 is 0 Å². The predicted molar refractivity (Wildman–Crippen MR) is 85.0 cm³/mol. The first-order valence-corrected chi connectivity index (χ1v) is 8.24. The van der Waals surface area contributed by atoms with Gasteiger partial charge in [0, 0.05) is 12.6 Å². The Morgan fingerprint density at radius 3 is 2.67 bits per heavy atom. The molecular weight excluding hydrogens is 260 g/mol. The van der Waals surface area contributed by atoms with Gasteiger partial charge in [-0.3, -0.25) is 4.79 Å². The highest BCUT2D eigenvalue weighted by molar-refractivity contribution is 5.89. The van der Waals surface area contributed by atoms with Crippen LogP contribution in [0.1, 0.15) is 49.7 Å². The minimum Gasteiger partial charge on any atom is -0.351 e. The number of benzene rings is 1. The highest BCUT2D eigenvalue weighted by Crippen LogP contribution is 2.42. The zero-order valence-electron chi connectivity index (χ0n) is 12.9. The van der Waals surface area contributed by atoms with Gasteiger partial charge in [0.2, 0.25) is 5.91 Å². The summed E-state index contributed by atoms with van der Waals surface area (Å²) >= 11 is 0. The Kier molecular flexibility index (Phi) is 4.03. The number of hydrogen-bond acceptors (Lipinski definition) is 2. The standard InChI is InChI=1S/C18H26N2O/c1-13-5-4-6-15(11-13)18(9-2-3-10-18)17(21)20-16(12-19)14-7-8-14/h4-6,11,14,16H,2-3,7-10,12,19H2,1H3,(H,20,21). The van der Waals surface area contributed by atoms with E-state index in [1.165, 1.54) is 24.0 Å². The van der Waals surface area contributed by atoms with Crippen LogP contribution in [0.2, 0.25) is 0 Å². The fourth-order valence-corrected chi connectivity index (χ4v) is 3.74. The van der Waals surface area contributed by atoms with Crippen LogP contribution in [0.3, 0.4) is 0 Å². The van der Waals surface area contributed by atoms with E-state index in [1.807, 2.05) is 0 Å². The molecule has 0 aromatic heterocycles. The molecule has 3 N–H and O–H groups in total. The van der Waals surface area contributed by atoms with Gasteiger partial charge in [-0.15, -0.1) is 0 Å². The van der Waals surface area contributed by atoms with Gasteiger partial charge in [-0.2, -0.15) is 0 Å². The van der Waals surface area contributed by atoms with Gasteiger partial charge in [0.15, 0.2) is 0 Å². The van der Waals surface area contributed by atoms with Crippen molar-refractivity contribution in [3.05, 3.63) is 35.4 Å². The Balaban J connectivity index is 1.84. The van der Waals surface area contributed by atoms with Gasteiger partial charge in [0.25, 0.3) is 0 Å². The Hall–Kier alpha value is -1.35. The second-order valence-corrected chi connectivity index (χ2v) is 6.81. The molecule has 2 fully saturated rings. The molecule has 114 valence electrons. The first-order chi connectivity index (χ1) is 10.2. The normalized spacial score (nSPS) is 22.0. The minimum atomic E-state index is -0.325. The molecule has 3 nitrogen and oxygen atoms in total. The van der Waals surface area contributed by atoms with E-state index in [-0.39, 0.29) is 17.4 Å². The fraction of sp³-hybridized carbons (Fsp3) is 0.611. The summed E-state index contributed by atoms with van der Waals surface area (Å²) in [6.07, 6.45) is 6.61. The van der Waals surface area contributed by atoms with Crippen LogP contribution in [0.5, 0.6) is 0 Å². The highest BCUT2D eigenvalue weighted by Gasteiger charge is 2.44. The van der Waals surface area contributed by atoms with Gasteiger partial charge < -0.3 is 11.1 Å². The second-order valence-electron chi connectivity index (χ2n) is 6.81. The van der Waals surface area contributed by atoms with Crippen molar-refractivity contribution in [2.24, 2.45) is 11.7 Å². The maximum absolute atomic E-state index is 13.0. The Bertz CT molecular complexity index is 516. The molecule has 2 aliphatic carbocycles. The Morgan fingerprint density at radius 1 is 1.38 bits per heavy atom. The SMILES string of the molecule is Cc1cccc(C2(C(=O)NC(CN)C3CC3)CCCC2)c1. The van der Waals surface area contributed by atoms with Crippen LogP contribution in [0.25, 0.3) is 0 Å². The summed E-state index contributed by atoms with van der Waals surface area (Å²) in [5.74, 6) is 0.808. The van der Waals surface area contributed by atoms with Crippen molar-refractivity contribution in [3.63, 3.8) is 0 Å². The maximum Gasteiger partial charge on any atom is 0.230 e. The average molecular weight is 286 g/mol. The van der Waals surface area contributed by atoms with E-state index in [2.05, 4.69) is 36.5 Å². The molecule has 1 aromatic rings. The van der Waals surface area contributed by atoms with Crippen LogP contribution in [0, 0.1) is 12.8 Å². The Labute approximate surface area is 127 Å². The second kappa shape index (κ2) is 5.80. The van der Waals surface area contributed by atoms with E-state index >= 15 is 0 Å². The average Bonchev–Trinajstić information content (AvgIpc) is 3.20. The zero-order chi connectivity index (χ0) is 14.9. The van der Waals surface area contributed by atoms with Crippen molar-refractivity contribution in [1.82, 2.24) is 5.32 Å². The molecule has 1 aromatic carbocycles. The zero-order valence-corrected chi connectivity index (χ0v) is 12.9. The molecule has 21 heavy (non-hydrogen) atoms. The molecule has 2 aliphatic rings. The summed E-state index contributed by atoms with van der Waals surface area (Å²) in [7, 11) is 0. The van der Waals surface area contributed by atoms with Crippen LogP contribution in [0.4, 0.5) is 0 Å². The molecule has 0 aliphatic heterocycles. The predicted octanol–water partition coefficient (Wildman–Crippen LogP) is 2.66. The van der Waals surface area contributed by atoms with Crippen molar-refractivity contribution in [1.29, 1.82) is 0 Å². The maximum atomic E-state index is 13.0. The monoisotopic (exact) mass is 286 g/mol. The van der Waals surface area contributed by atoms with E-state index in [9.17, 15) is 4.79 Å². The molecule has 3 heteroatoms. The number of aryl methyl sites for hydroxylation is 1. The number of nitrogens with two attached hydrogens (primary N) is 1. The number of amides is 1. The van der Waals surface area contributed by atoms with Crippen LogP contribution >= 0.6 is 0 Å². The fourth-order valence-electron chi connectivity index (χ4n) is 3.74. The van der Waals surface area contributed by atoms with E-state index in [0.717, 1.165) is 25.7 Å². The van der Waals surface area contributed by atoms with Crippen molar-refractivity contribution >= 4 is 5.91 Å². The molecule has 0 spiro atoms. The summed E-state index contributed by atoms with van der Waals surface area (Å²) in [4.78, 5) is 13.0. The molecule has 0 radical (unpaired) electrons. The third-order valence-electron chi connectivity index (χ3n) is 5.22. The largest absolute Gasteiger partial charge is 0.351 e. The molecule has 0 saturated heterocycles. The highest BCUT2D eigenvalue weighted by atomic mass is 16.2. The van der Waals surface area contributed by atoms with Gasteiger partial charge in [-0.1, -0.05) is 42.7 Å². The number of nitrogens with one attached hydrogen (secondary N) is 1. The summed E-state index contributed by atoms with van der Waals surface area (Å²) < 4.78 is 0. The molecule has 3 rings (SSSR count). The van der Waals surface area contributed by atoms with Gasteiger partial charge in [-0.05, 0) is 44.1 Å².